The van der Waals surface area contributed by atoms with Gasteiger partial charge in [-0.2, -0.15) is 0 Å². The van der Waals surface area contributed by atoms with Crippen LogP contribution in [0.2, 0.25) is 0 Å². The Morgan fingerprint density at radius 3 is 2.79 bits per heavy atom. The lowest BCUT2D eigenvalue weighted by Crippen LogP contribution is -2.27. The Labute approximate surface area is 83.5 Å². The molecule has 1 rings (SSSR count). The minimum Gasteiger partial charge on any atom is -0.397 e. The third kappa shape index (κ3) is 3.05. The van der Waals surface area contributed by atoms with Gasteiger partial charge in [-0.25, -0.2) is 4.98 Å². The van der Waals surface area contributed by atoms with Crippen LogP contribution in [-0.4, -0.2) is 17.4 Å². The molecule has 0 aliphatic carbocycles. The van der Waals surface area contributed by atoms with Gasteiger partial charge in [-0.1, -0.05) is 13.8 Å². The molecule has 3 N–H and O–H groups in total. The van der Waals surface area contributed by atoms with Crippen LogP contribution in [-0.2, 0) is 0 Å². The molecule has 0 atom stereocenters. The quantitative estimate of drug-likeness (QED) is 0.754. The number of rotatable bonds is 3. The molecule has 1 amide bonds. The average Bonchev–Trinajstić information content (AvgIpc) is 2.15. The van der Waals surface area contributed by atoms with Crippen molar-refractivity contribution in [3.63, 3.8) is 0 Å². The molecule has 0 saturated heterocycles. The summed E-state index contributed by atoms with van der Waals surface area (Å²) in [6, 6.07) is 3.28. The summed E-state index contributed by atoms with van der Waals surface area (Å²) in [4.78, 5) is 15.4. The topological polar surface area (TPSA) is 68.0 Å². The molecule has 1 aromatic heterocycles. The number of nitrogens with zero attached hydrogens (tertiary/aromatic N) is 1. The Balaban J connectivity index is 2.57. The van der Waals surface area contributed by atoms with E-state index in [0.29, 0.717) is 23.8 Å². The number of nitrogens with two attached hydrogens (primary N) is 1. The van der Waals surface area contributed by atoms with Crippen molar-refractivity contribution in [3.05, 3.63) is 24.0 Å². The minimum absolute atomic E-state index is 0.154. The molecule has 4 heteroatoms. The molecule has 0 spiro atoms. The lowest BCUT2D eigenvalue weighted by molar-refractivity contribution is 0.0944. The first kappa shape index (κ1) is 10.5. The van der Waals surface area contributed by atoms with Crippen molar-refractivity contribution < 1.29 is 4.79 Å². The maximum Gasteiger partial charge on any atom is 0.269 e. The van der Waals surface area contributed by atoms with E-state index >= 15 is 0 Å². The largest absolute Gasteiger partial charge is 0.397 e. The van der Waals surface area contributed by atoms with Gasteiger partial charge in [0.15, 0.2) is 0 Å². The Morgan fingerprint density at radius 2 is 2.29 bits per heavy atom. The summed E-state index contributed by atoms with van der Waals surface area (Å²) in [5, 5.41) is 2.78. The highest BCUT2D eigenvalue weighted by molar-refractivity contribution is 5.92. The summed E-state index contributed by atoms with van der Waals surface area (Å²) < 4.78 is 0. The first-order valence-electron chi connectivity index (χ1n) is 4.59. The number of nitrogen functional groups attached to an aromatic ring is 1. The molecule has 0 aliphatic rings. The van der Waals surface area contributed by atoms with Gasteiger partial charge in [0.05, 0.1) is 11.9 Å². The van der Waals surface area contributed by atoms with Crippen molar-refractivity contribution >= 4 is 11.6 Å². The van der Waals surface area contributed by atoms with Crippen LogP contribution in [0.4, 0.5) is 5.69 Å². The SMILES string of the molecule is CC(C)CNC(=O)c1ccc(N)cn1. The van der Waals surface area contributed by atoms with Crippen LogP contribution in [0, 0.1) is 5.92 Å². The van der Waals surface area contributed by atoms with Crippen LogP contribution >= 0.6 is 0 Å². The van der Waals surface area contributed by atoms with Crippen LogP contribution in [0.5, 0.6) is 0 Å². The third-order valence-electron chi connectivity index (χ3n) is 1.69. The number of carbonyl (C=O) groups excluding carboxylic acids is 1. The molecule has 0 aliphatic heterocycles. The second-order valence-electron chi connectivity index (χ2n) is 3.58. The zero-order valence-corrected chi connectivity index (χ0v) is 8.45. The van der Waals surface area contributed by atoms with E-state index < -0.39 is 0 Å². The minimum atomic E-state index is -0.154. The molecule has 76 valence electrons. The van der Waals surface area contributed by atoms with E-state index in [0.717, 1.165) is 0 Å². The standard InChI is InChI=1S/C10H15N3O/c1-7(2)5-13-10(14)9-4-3-8(11)6-12-9/h3-4,6-7H,5,11H2,1-2H3,(H,13,14). The molecule has 1 heterocycles. The van der Waals surface area contributed by atoms with Crippen molar-refractivity contribution in [2.24, 2.45) is 5.92 Å². The molecule has 0 radical (unpaired) electrons. The van der Waals surface area contributed by atoms with Crippen LogP contribution in [0.3, 0.4) is 0 Å². The van der Waals surface area contributed by atoms with E-state index in [1.165, 1.54) is 6.20 Å². The summed E-state index contributed by atoms with van der Waals surface area (Å²) in [6.45, 7) is 4.73. The number of nitrogens with one attached hydrogen (secondary N) is 1. The number of carbonyl (C=O) groups is 1. The Bertz CT molecular complexity index is 306. The van der Waals surface area contributed by atoms with Crippen LogP contribution in [0.15, 0.2) is 18.3 Å². The van der Waals surface area contributed by atoms with Gasteiger partial charge in [-0.3, -0.25) is 4.79 Å². The molecular weight excluding hydrogens is 178 g/mol. The molecule has 1 aromatic rings. The fourth-order valence-corrected chi connectivity index (χ4v) is 0.927. The van der Waals surface area contributed by atoms with E-state index in [9.17, 15) is 4.79 Å². The van der Waals surface area contributed by atoms with Gasteiger partial charge >= 0.3 is 0 Å². The lowest BCUT2D eigenvalue weighted by Gasteiger charge is -2.06. The summed E-state index contributed by atoms with van der Waals surface area (Å²) in [7, 11) is 0. The molecule has 0 aromatic carbocycles. The number of anilines is 1. The van der Waals surface area contributed by atoms with Crippen LogP contribution < -0.4 is 11.1 Å². The number of aromatic nitrogens is 1. The van der Waals surface area contributed by atoms with Crippen molar-refractivity contribution in [3.8, 4) is 0 Å². The highest BCUT2D eigenvalue weighted by Gasteiger charge is 2.06. The first-order chi connectivity index (χ1) is 6.59. The normalized spacial score (nSPS) is 10.2. The molecule has 0 bridgehead atoms. The van der Waals surface area contributed by atoms with E-state index in [1.807, 2.05) is 13.8 Å². The second-order valence-corrected chi connectivity index (χ2v) is 3.58. The van der Waals surface area contributed by atoms with E-state index in [-0.39, 0.29) is 5.91 Å². The van der Waals surface area contributed by atoms with Gasteiger partial charge in [-0.05, 0) is 18.1 Å². The number of hydrogen-bond donors (Lipinski definition) is 2. The zero-order valence-electron chi connectivity index (χ0n) is 8.45. The Kier molecular flexibility index (Phi) is 3.45. The summed E-state index contributed by atoms with van der Waals surface area (Å²) in [5.41, 5.74) is 6.42. The summed E-state index contributed by atoms with van der Waals surface area (Å²) in [5.74, 6) is 0.284. The molecule has 0 unspecified atom stereocenters. The monoisotopic (exact) mass is 193 g/mol. The third-order valence-corrected chi connectivity index (χ3v) is 1.69. The van der Waals surface area contributed by atoms with Gasteiger partial charge in [0, 0.05) is 6.54 Å². The predicted octanol–water partition coefficient (Wildman–Crippen LogP) is 1.05. The predicted molar refractivity (Wildman–Crippen MR) is 55.8 cm³/mol. The van der Waals surface area contributed by atoms with Gasteiger partial charge in [0.25, 0.3) is 5.91 Å². The number of amides is 1. The maximum absolute atomic E-state index is 11.4. The first-order valence-corrected chi connectivity index (χ1v) is 4.59. The number of hydrogen-bond acceptors (Lipinski definition) is 3. The van der Waals surface area contributed by atoms with Gasteiger partial charge < -0.3 is 11.1 Å². The van der Waals surface area contributed by atoms with Gasteiger partial charge in [0.2, 0.25) is 0 Å². The van der Waals surface area contributed by atoms with Crippen molar-refractivity contribution in [2.75, 3.05) is 12.3 Å². The molecule has 0 saturated carbocycles. The summed E-state index contributed by atoms with van der Waals surface area (Å²) >= 11 is 0. The van der Waals surface area contributed by atoms with Crippen molar-refractivity contribution in [1.29, 1.82) is 0 Å². The molecular formula is C10H15N3O. The van der Waals surface area contributed by atoms with Crippen molar-refractivity contribution in [2.45, 2.75) is 13.8 Å². The van der Waals surface area contributed by atoms with Gasteiger partial charge in [0.1, 0.15) is 5.69 Å². The van der Waals surface area contributed by atoms with Gasteiger partial charge in [-0.15, -0.1) is 0 Å². The molecule has 0 fully saturated rings. The highest BCUT2D eigenvalue weighted by atomic mass is 16.1. The van der Waals surface area contributed by atoms with E-state index in [1.54, 1.807) is 12.1 Å². The number of pyridine rings is 1. The second kappa shape index (κ2) is 4.60. The smallest absolute Gasteiger partial charge is 0.269 e. The van der Waals surface area contributed by atoms with E-state index in [2.05, 4.69) is 10.3 Å². The molecule has 14 heavy (non-hydrogen) atoms. The zero-order chi connectivity index (χ0) is 10.6. The Morgan fingerprint density at radius 1 is 1.57 bits per heavy atom. The van der Waals surface area contributed by atoms with E-state index in [4.69, 9.17) is 5.73 Å². The Hall–Kier alpha value is -1.58. The van der Waals surface area contributed by atoms with Crippen LogP contribution in [0.25, 0.3) is 0 Å². The highest BCUT2D eigenvalue weighted by Crippen LogP contribution is 2.01. The average molecular weight is 193 g/mol. The maximum atomic E-state index is 11.4. The lowest BCUT2D eigenvalue weighted by atomic mass is 10.2. The van der Waals surface area contributed by atoms with Crippen molar-refractivity contribution in [1.82, 2.24) is 10.3 Å². The van der Waals surface area contributed by atoms with Crippen LogP contribution in [0.1, 0.15) is 24.3 Å². The fourth-order valence-electron chi connectivity index (χ4n) is 0.927. The summed E-state index contributed by atoms with van der Waals surface area (Å²) in [6.07, 6.45) is 1.48. The molecule has 4 nitrogen and oxygen atoms in total. The fraction of sp³-hybridized carbons (Fsp3) is 0.400.